The summed E-state index contributed by atoms with van der Waals surface area (Å²) < 4.78 is 27.8. The second kappa shape index (κ2) is 14.0. The van der Waals surface area contributed by atoms with Crippen LogP contribution in [0.5, 0.6) is 0 Å². The van der Waals surface area contributed by atoms with Gasteiger partial charge in [-0.25, -0.2) is 14.8 Å². The molecule has 0 aliphatic heterocycles. The lowest BCUT2D eigenvalue weighted by molar-refractivity contribution is -0.117. The third-order valence-corrected chi connectivity index (χ3v) is 5.83. The summed E-state index contributed by atoms with van der Waals surface area (Å²) in [6, 6.07) is 17.2. The number of anilines is 2. The van der Waals surface area contributed by atoms with E-state index in [1.54, 1.807) is 60.8 Å². The normalized spacial score (nSPS) is 10.8. The lowest BCUT2D eigenvalue weighted by Gasteiger charge is -2.21. The fraction of sp³-hybridized carbons (Fsp3) is 0.185. The molecule has 2 aromatic heterocycles. The zero-order valence-corrected chi connectivity index (χ0v) is 24.0. The van der Waals surface area contributed by atoms with Crippen molar-refractivity contribution in [3.05, 3.63) is 83.8 Å². The summed E-state index contributed by atoms with van der Waals surface area (Å²) in [6.45, 7) is 0.489. The molecule has 226 valence electrons. The number of imidazole rings is 1. The number of nitrogens with zero attached hydrogens (tertiary/aromatic N) is 4. The number of rotatable bonds is 9. The minimum absolute atomic E-state index is 0.00213. The van der Waals surface area contributed by atoms with Crippen molar-refractivity contribution in [1.82, 2.24) is 19.9 Å². The third-order valence-electron chi connectivity index (χ3n) is 5.83. The SMILES string of the molecule is CS(=O)(=O)O.Cn1c(CNc2ccc(C(=N)NC(=O)O)cc2)nc2cc(C(=O)N(CCC(N)=O)c3ccccn3)ccc21. The molecule has 0 saturated heterocycles. The summed E-state index contributed by atoms with van der Waals surface area (Å²) in [4.78, 5) is 45.8. The Kier molecular flexibility index (Phi) is 10.5. The third kappa shape index (κ3) is 9.61. The number of nitrogens with two attached hydrogens (primary N) is 1. The van der Waals surface area contributed by atoms with Crippen LogP contribution in [0.3, 0.4) is 0 Å². The number of benzene rings is 2. The highest BCUT2D eigenvalue weighted by atomic mass is 32.2. The molecule has 0 radical (unpaired) electrons. The van der Waals surface area contributed by atoms with Crippen LogP contribution in [0.2, 0.25) is 0 Å². The molecule has 0 unspecified atom stereocenters. The molecule has 0 saturated carbocycles. The number of carbonyl (C=O) groups is 3. The molecule has 4 rings (SSSR count). The highest BCUT2D eigenvalue weighted by Crippen LogP contribution is 2.21. The number of carboxylic acid groups (broad SMARTS) is 1. The summed E-state index contributed by atoms with van der Waals surface area (Å²) >= 11 is 0. The minimum Gasteiger partial charge on any atom is -0.465 e. The van der Waals surface area contributed by atoms with Crippen LogP contribution in [-0.2, 0) is 28.5 Å². The van der Waals surface area contributed by atoms with Gasteiger partial charge in [0.1, 0.15) is 17.5 Å². The highest BCUT2D eigenvalue weighted by Gasteiger charge is 2.21. The predicted molar refractivity (Wildman–Crippen MR) is 160 cm³/mol. The van der Waals surface area contributed by atoms with Crippen LogP contribution in [0.15, 0.2) is 66.9 Å². The van der Waals surface area contributed by atoms with E-state index in [4.69, 9.17) is 20.8 Å². The van der Waals surface area contributed by atoms with Crippen molar-refractivity contribution < 1.29 is 32.5 Å². The quantitative estimate of drug-likeness (QED) is 0.0918. The molecular weight excluding hydrogens is 580 g/mol. The molecule has 0 bridgehead atoms. The van der Waals surface area contributed by atoms with Crippen LogP contribution < -0.4 is 21.3 Å². The summed E-state index contributed by atoms with van der Waals surface area (Å²) in [6.07, 6.45) is 1.000. The van der Waals surface area contributed by atoms with Gasteiger partial charge in [0.2, 0.25) is 5.91 Å². The molecule has 0 spiro atoms. The Balaban J connectivity index is 0.000000934. The van der Waals surface area contributed by atoms with E-state index in [0.29, 0.717) is 35.3 Å². The fourth-order valence-electron chi connectivity index (χ4n) is 3.87. The first kappa shape index (κ1) is 32.2. The van der Waals surface area contributed by atoms with E-state index in [1.807, 2.05) is 23.0 Å². The van der Waals surface area contributed by atoms with Crippen molar-refractivity contribution >= 4 is 56.4 Å². The van der Waals surface area contributed by atoms with Crippen molar-refractivity contribution in [2.24, 2.45) is 12.8 Å². The van der Waals surface area contributed by atoms with E-state index in [1.165, 1.54) is 4.90 Å². The topological polar surface area (TPSA) is 234 Å². The number of primary amides is 1. The second-order valence-electron chi connectivity index (χ2n) is 9.12. The number of pyridine rings is 1. The first-order valence-corrected chi connectivity index (χ1v) is 14.4. The number of aromatic nitrogens is 3. The first-order chi connectivity index (χ1) is 20.2. The zero-order chi connectivity index (χ0) is 31.7. The van der Waals surface area contributed by atoms with Gasteiger partial charge in [-0.05, 0) is 54.6 Å². The maximum atomic E-state index is 13.4. The Morgan fingerprint density at radius 3 is 2.30 bits per heavy atom. The molecule has 16 heteroatoms. The maximum absolute atomic E-state index is 13.4. The molecule has 0 fully saturated rings. The van der Waals surface area contributed by atoms with Crippen molar-refractivity contribution in [1.29, 1.82) is 5.41 Å². The predicted octanol–water partition coefficient (Wildman–Crippen LogP) is 2.20. The zero-order valence-electron chi connectivity index (χ0n) is 23.2. The van der Waals surface area contributed by atoms with Gasteiger partial charge in [0.05, 0.1) is 23.8 Å². The number of amidine groups is 1. The minimum atomic E-state index is -3.67. The van der Waals surface area contributed by atoms with Gasteiger partial charge in [-0.15, -0.1) is 0 Å². The molecule has 15 nitrogen and oxygen atoms in total. The largest absolute Gasteiger partial charge is 0.465 e. The number of hydrogen-bond acceptors (Lipinski definition) is 9. The molecule has 0 atom stereocenters. The molecule has 43 heavy (non-hydrogen) atoms. The fourth-order valence-corrected chi connectivity index (χ4v) is 3.87. The van der Waals surface area contributed by atoms with Crippen LogP contribution in [-0.4, -0.2) is 69.2 Å². The van der Waals surface area contributed by atoms with E-state index in [-0.39, 0.29) is 24.7 Å². The van der Waals surface area contributed by atoms with E-state index in [9.17, 15) is 22.8 Å². The van der Waals surface area contributed by atoms with Gasteiger partial charge in [-0.2, -0.15) is 8.42 Å². The highest BCUT2D eigenvalue weighted by molar-refractivity contribution is 7.85. The second-order valence-corrected chi connectivity index (χ2v) is 10.6. The Bertz CT molecular complexity index is 1730. The Morgan fingerprint density at radius 1 is 1.07 bits per heavy atom. The van der Waals surface area contributed by atoms with Crippen molar-refractivity contribution in [3.8, 4) is 0 Å². The van der Waals surface area contributed by atoms with Gasteiger partial charge in [0.25, 0.3) is 16.0 Å². The first-order valence-electron chi connectivity index (χ1n) is 12.5. The molecule has 0 aliphatic carbocycles. The summed E-state index contributed by atoms with van der Waals surface area (Å²) in [5, 5.41) is 21.8. The molecule has 4 aromatic rings. The van der Waals surface area contributed by atoms with Gasteiger partial charge >= 0.3 is 6.09 Å². The number of hydrogen-bond donors (Lipinski definition) is 6. The Morgan fingerprint density at radius 2 is 1.72 bits per heavy atom. The molecule has 2 heterocycles. The lowest BCUT2D eigenvalue weighted by atomic mass is 10.1. The van der Waals surface area contributed by atoms with Crippen LogP contribution in [0.1, 0.15) is 28.2 Å². The molecule has 3 amide bonds. The van der Waals surface area contributed by atoms with Crippen LogP contribution in [0, 0.1) is 5.41 Å². The standard InChI is InChI=1S/C26H26N8O4.CH4O3S/c1-33-20-10-7-17(25(36)34(13-11-21(27)35)22-4-2-3-12-29-22)14-19(20)31-23(33)15-30-18-8-5-16(6-9-18)24(28)32-26(37)38;1-5(2,3)4/h2-10,12,14,30H,11,13,15H2,1H3,(H2,27,35)(H2,28,32)(H,37,38);1H3,(H,2,3,4). The smallest absolute Gasteiger partial charge is 0.410 e. The molecule has 0 aliphatic rings. The summed E-state index contributed by atoms with van der Waals surface area (Å²) in [5.74, 6) is 0.107. The number of nitrogens with one attached hydrogen (secondary N) is 3. The van der Waals surface area contributed by atoms with Crippen LogP contribution in [0.25, 0.3) is 11.0 Å². The Labute approximate surface area is 246 Å². The van der Waals surface area contributed by atoms with Crippen molar-refractivity contribution in [2.45, 2.75) is 13.0 Å². The van der Waals surface area contributed by atoms with Crippen molar-refractivity contribution in [3.63, 3.8) is 0 Å². The van der Waals surface area contributed by atoms with E-state index < -0.39 is 22.1 Å². The van der Waals surface area contributed by atoms with Gasteiger partial charge < -0.3 is 20.7 Å². The van der Waals surface area contributed by atoms with Gasteiger partial charge in [-0.1, -0.05) is 6.07 Å². The molecule has 2 aromatic carbocycles. The number of amides is 3. The lowest BCUT2D eigenvalue weighted by Crippen LogP contribution is -2.34. The maximum Gasteiger partial charge on any atom is 0.410 e. The van der Waals surface area contributed by atoms with Gasteiger partial charge in [-0.3, -0.25) is 29.8 Å². The average molecular weight is 611 g/mol. The summed E-state index contributed by atoms with van der Waals surface area (Å²) in [5.41, 5.74) is 8.38. The van der Waals surface area contributed by atoms with Crippen molar-refractivity contribution in [2.75, 3.05) is 23.0 Å². The molecular formula is C27H30N8O7S. The number of aryl methyl sites for hydroxylation is 1. The van der Waals surface area contributed by atoms with E-state index in [2.05, 4.69) is 15.3 Å². The number of carbonyl (C=O) groups excluding carboxylic acids is 2. The van der Waals surface area contributed by atoms with Crippen LogP contribution in [0.4, 0.5) is 16.3 Å². The average Bonchev–Trinajstić information content (AvgIpc) is 3.25. The Hall–Kier alpha value is -5.35. The molecule has 7 N–H and O–H groups in total. The van der Waals surface area contributed by atoms with E-state index >= 15 is 0 Å². The number of fused-ring (bicyclic) bond motifs is 1. The van der Waals surface area contributed by atoms with Gasteiger partial charge in [0.15, 0.2) is 0 Å². The monoisotopic (exact) mass is 610 g/mol. The van der Waals surface area contributed by atoms with Crippen LogP contribution >= 0.6 is 0 Å². The van der Waals surface area contributed by atoms with Gasteiger partial charge in [0, 0.05) is 43.0 Å². The summed E-state index contributed by atoms with van der Waals surface area (Å²) in [7, 11) is -1.79. The van der Waals surface area contributed by atoms with E-state index in [0.717, 1.165) is 17.0 Å².